The molecule has 0 fully saturated rings. The Morgan fingerprint density at radius 2 is 2.20 bits per heavy atom. The molecule has 0 aliphatic heterocycles. The third kappa shape index (κ3) is 1.15. The number of benzene rings is 1. The van der Waals surface area contributed by atoms with Crippen molar-refractivity contribution in [2.45, 2.75) is 0 Å². The van der Waals surface area contributed by atoms with Crippen LogP contribution in [-0.2, 0) is 0 Å². The van der Waals surface area contributed by atoms with Gasteiger partial charge in [0.2, 0.25) is 5.95 Å². The van der Waals surface area contributed by atoms with Gasteiger partial charge in [0, 0.05) is 5.69 Å². The monoisotopic (exact) mass is 200 g/mol. The van der Waals surface area contributed by atoms with E-state index in [9.17, 15) is 0 Å². The summed E-state index contributed by atoms with van der Waals surface area (Å²) in [5, 5.41) is 6.57. The zero-order valence-electron chi connectivity index (χ0n) is 7.75. The minimum atomic E-state index is 0.641. The number of rotatable bonds is 1. The lowest BCUT2D eigenvalue weighted by Gasteiger charge is -1.98. The number of nitrogens with zero attached hydrogens (tertiary/aromatic N) is 4. The summed E-state index contributed by atoms with van der Waals surface area (Å²) < 4.78 is 1.82. The van der Waals surface area contributed by atoms with Crippen molar-refractivity contribution in [1.29, 1.82) is 0 Å². The highest BCUT2D eigenvalue weighted by molar-refractivity contribution is 5.80. The van der Waals surface area contributed by atoms with Crippen LogP contribution in [0.1, 0.15) is 0 Å². The molecule has 3 rings (SSSR count). The number of anilines is 1. The molecule has 0 aliphatic rings. The highest BCUT2D eigenvalue weighted by atomic mass is 15.3. The zero-order chi connectivity index (χ0) is 10.3. The minimum Gasteiger partial charge on any atom is -0.399 e. The van der Waals surface area contributed by atoms with Crippen LogP contribution < -0.4 is 5.73 Å². The van der Waals surface area contributed by atoms with Crippen LogP contribution in [-0.4, -0.2) is 24.7 Å². The number of nitrogens with one attached hydrogen (secondary N) is 1. The van der Waals surface area contributed by atoms with E-state index in [2.05, 4.69) is 20.2 Å². The Labute approximate surface area is 84.8 Å². The van der Waals surface area contributed by atoms with E-state index >= 15 is 0 Å². The number of imidazole rings is 1. The van der Waals surface area contributed by atoms with Crippen LogP contribution in [0.15, 0.2) is 30.9 Å². The molecular formula is C9H8N6. The van der Waals surface area contributed by atoms with Crippen LogP contribution in [0.5, 0.6) is 0 Å². The summed E-state index contributed by atoms with van der Waals surface area (Å²) in [6.45, 7) is 0. The number of aromatic nitrogens is 5. The van der Waals surface area contributed by atoms with Gasteiger partial charge in [-0.3, -0.25) is 4.57 Å². The Hall–Kier alpha value is -2.37. The van der Waals surface area contributed by atoms with E-state index in [1.807, 2.05) is 22.8 Å². The molecule has 15 heavy (non-hydrogen) atoms. The number of hydrogen-bond acceptors (Lipinski definition) is 4. The third-order valence-corrected chi connectivity index (χ3v) is 2.20. The average molecular weight is 200 g/mol. The molecule has 0 atom stereocenters. The van der Waals surface area contributed by atoms with Gasteiger partial charge in [0.25, 0.3) is 0 Å². The van der Waals surface area contributed by atoms with E-state index in [4.69, 9.17) is 5.73 Å². The van der Waals surface area contributed by atoms with Crippen molar-refractivity contribution in [2.24, 2.45) is 0 Å². The molecule has 0 saturated heterocycles. The predicted molar refractivity (Wildman–Crippen MR) is 55.4 cm³/mol. The summed E-state index contributed by atoms with van der Waals surface area (Å²) in [5.41, 5.74) is 8.15. The number of fused-ring (bicyclic) bond motifs is 1. The molecule has 0 radical (unpaired) electrons. The maximum atomic E-state index is 5.67. The van der Waals surface area contributed by atoms with Gasteiger partial charge in [-0.1, -0.05) is 0 Å². The molecule has 0 amide bonds. The second kappa shape index (κ2) is 2.81. The van der Waals surface area contributed by atoms with Crippen molar-refractivity contribution in [2.75, 3.05) is 5.73 Å². The van der Waals surface area contributed by atoms with Crippen molar-refractivity contribution in [3.8, 4) is 5.95 Å². The highest BCUT2D eigenvalue weighted by Gasteiger charge is 2.05. The van der Waals surface area contributed by atoms with Gasteiger partial charge in [-0.15, -0.1) is 0 Å². The molecule has 6 heteroatoms. The molecule has 2 heterocycles. The molecule has 0 unspecified atom stereocenters. The van der Waals surface area contributed by atoms with Gasteiger partial charge in [-0.25, -0.2) is 10.1 Å². The van der Waals surface area contributed by atoms with Gasteiger partial charge in [0.1, 0.15) is 12.7 Å². The lowest BCUT2D eigenvalue weighted by molar-refractivity contribution is 0.953. The Kier molecular flexibility index (Phi) is 1.49. The van der Waals surface area contributed by atoms with Crippen LogP contribution >= 0.6 is 0 Å². The van der Waals surface area contributed by atoms with E-state index in [0.717, 1.165) is 11.0 Å². The van der Waals surface area contributed by atoms with Crippen molar-refractivity contribution in [3.05, 3.63) is 30.9 Å². The second-order valence-electron chi connectivity index (χ2n) is 3.17. The van der Waals surface area contributed by atoms with Crippen LogP contribution in [0.3, 0.4) is 0 Å². The fourth-order valence-electron chi connectivity index (χ4n) is 1.51. The number of nitrogen functional groups attached to an aromatic ring is 1. The summed E-state index contributed by atoms with van der Waals surface area (Å²) in [6, 6.07) is 5.55. The molecule has 6 nitrogen and oxygen atoms in total. The van der Waals surface area contributed by atoms with Crippen LogP contribution in [0.4, 0.5) is 5.69 Å². The lowest BCUT2D eigenvalue weighted by Crippen LogP contribution is -1.94. The topological polar surface area (TPSA) is 85.4 Å². The molecule has 1 aromatic carbocycles. The Bertz CT molecular complexity index is 594. The molecule has 0 aliphatic carbocycles. The first-order valence-electron chi connectivity index (χ1n) is 4.43. The minimum absolute atomic E-state index is 0.641. The van der Waals surface area contributed by atoms with Gasteiger partial charge in [-0.05, 0) is 18.2 Å². The SMILES string of the molecule is Nc1ccc2c(c1)ncn2-c1ncn[nH]1. The summed E-state index contributed by atoms with van der Waals surface area (Å²) >= 11 is 0. The van der Waals surface area contributed by atoms with E-state index in [1.54, 1.807) is 6.33 Å². The fraction of sp³-hybridized carbons (Fsp3) is 0. The number of hydrogen-bond donors (Lipinski definition) is 2. The zero-order valence-corrected chi connectivity index (χ0v) is 7.75. The van der Waals surface area contributed by atoms with Gasteiger partial charge >= 0.3 is 0 Å². The van der Waals surface area contributed by atoms with Crippen molar-refractivity contribution >= 4 is 16.7 Å². The summed E-state index contributed by atoms with van der Waals surface area (Å²) in [7, 11) is 0. The Morgan fingerprint density at radius 1 is 1.27 bits per heavy atom. The second-order valence-corrected chi connectivity index (χ2v) is 3.17. The van der Waals surface area contributed by atoms with Gasteiger partial charge < -0.3 is 5.73 Å². The molecule has 74 valence electrons. The number of H-pyrrole nitrogens is 1. The van der Waals surface area contributed by atoms with Crippen molar-refractivity contribution in [1.82, 2.24) is 24.7 Å². The van der Waals surface area contributed by atoms with Gasteiger partial charge in [-0.2, -0.15) is 10.1 Å². The van der Waals surface area contributed by atoms with Crippen molar-refractivity contribution in [3.63, 3.8) is 0 Å². The first-order valence-corrected chi connectivity index (χ1v) is 4.43. The molecular weight excluding hydrogens is 192 g/mol. The molecule has 0 bridgehead atoms. The predicted octanol–water partition coefficient (Wildman–Crippen LogP) is 0.726. The first-order chi connectivity index (χ1) is 7.34. The number of nitrogens with two attached hydrogens (primary N) is 1. The van der Waals surface area contributed by atoms with E-state index in [1.165, 1.54) is 6.33 Å². The maximum absolute atomic E-state index is 5.67. The maximum Gasteiger partial charge on any atom is 0.231 e. The van der Waals surface area contributed by atoms with E-state index < -0.39 is 0 Å². The first kappa shape index (κ1) is 7.98. The summed E-state index contributed by atoms with van der Waals surface area (Å²) in [5.74, 6) is 0.641. The summed E-state index contributed by atoms with van der Waals surface area (Å²) in [6.07, 6.45) is 3.14. The quantitative estimate of drug-likeness (QED) is 0.567. The van der Waals surface area contributed by atoms with Crippen LogP contribution in [0.2, 0.25) is 0 Å². The molecule has 2 aromatic heterocycles. The highest BCUT2D eigenvalue weighted by Crippen LogP contribution is 2.17. The van der Waals surface area contributed by atoms with Gasteiger partial charge in [0.05, 0.1) is 11.0 Å². The molecule has 3 aromatic rings. The fourth-order valence-corrected chi connectivity index (χ4v) is 1.51. The normalized spacial score (nSPS) is 10.9. The standard InChI is InChI=1S/C9H8N6/c10-6-1-2-8-7(3-6)12-5-15(8)9-11-4-13-14-9/h1-5H,10H2,(H,11,13,14). The average Bonchev–Trinajstić information content (AvgIpc) is 2.82. The van der Waals surface area contributed by atoms with Gasteiger partial charge in [0.15, 0.2) is 0 Å². The molecule has 0 saturated carbocycles. The third-order valence-electron chi connectivity index (χ3n) is 2.20. The smallest absolute Gasteiger partial charge is 0.231 e. The summed E-state index contributed by atoms with van der Waals surface area (Å²) in [4.78, 5) is 8.29. The Morgan fingerprint density at radius 3 is 3.00 bits per heavy atom. The van der Waals surface area contributed by atoms with E-state index in [-0.39, 0.29) is 0 Å². The lowest BCUT2D eigenvalue weighted by atomic mass is 10.3. The van der Waals surface area contributed by atoms with E-state index in [0.29, 0.717) is 11.6 Å². The van der Waals surface area contributed by atoms with Crippen LogP contribution in [0, 0.1) is 0 Å². The van der Waals surface area contributed by atoms with Crippen molar-refractivity contribution < 1.29 is 0 Å². The number of aromatic amines is 1. The Balaban J connectivity index is 2.29. The molecule has 0 spiro atoms. The van der Waals surface area contributed by atoms with Crippen LogP contribution in [0.25, 0.3) is 17.0 Å². The molecule has 3 N–H and O–H groups in total. The largest absolute Gasteiger partial charge is 0.399 e.